The number of nitrogens with zero attached hydrogens (tertiary/aromatic N) is 1. The molecule has 17 heavy (non-hydrogen) atoms. The molecule has 0 aromatic rings. The van der Waals surface area contributed by atoms with E-state index in [-0.39, 0.29) is 0 Å². The molecule has 2 saturated carbocycles. The number of hydrogen-bond donors (Lipinski definition) is 1. The van der Waals surface area contributed by atoms with Gasteiger partial charge in [-0.3, -0.25) is 4.90 Å². The van der Waals surface area contributed by atoms with Crippen LogP contribution in [0.4, 0.5) is 0 Å². The molecule has 2 N–H and O–H groups in total. The first kappa shape index (κ1) is 13.4. The summed E-state index contributed by atoms with van der Waals surface area (Å²) < 4.78 is 0. The van der Waals surface area contributed by atoms with Gasteiger partial charge >= 0.3 is 0 Å². The van der Waals surface area contributed by atoms with E-state index >= 15 is 0 Å². The van der Waals surface area contributed by atoms with Crippen molar-refractivity contribution in [3.63, 3.8) is 0 Å². The molecule has 2 atom stereocenters. The van der Waals surface area contributed by atoms with Gasteiger partial charge in [0.15, 0.2) is 0 Å². The van der Waals surface area contributed by atoms with Gasteiger partial charge in [-0.15, -0.1) is 0 Å². The van der Waals surface area contributed by atoms with Crippen molar-refractivity contribution in [2.45, 2.75) is 70.9 Å². The average molecular weight is 238 g/mol. The van der Waals surface area contributed by atoms with E-state index in [1.165, 1.54) is 51.5 Å². The van der Waals surface area contributed by atoms with E-state index in [1.807, 2.05) is 0 Å². The zero-order valence-electron chi connectivity index (χ0n) is 11.7. The maximum absolute atomic E-state index is 5.89. The Labute approximate surface area is 107 Å². The van der Waals surface area contributed by atoms with Crippen LogP contribution in [0.25, 0.3) is 0 Å². The highest BCUT2D eigenvalue weighted by Gasteiger charge is 2.38. The summed E-state index contributed by atoms with van der Waals surface area (Å²) in [6, 6.07) is 1.70. The first-order valence-corrected chi connectivity index (χ1v) is 7.68. The van der Waals surface area contributed by atoms with E-state index in [0.717, 1.165) is 30.5 Å². The summed E-state index contributed by atoms with van der Waals surface area (Å²) in [5, 5.41) is 0. The third kappa shape index (κ3) is 3.23. The zero-order valence-corrected chi connectivity index (χ0v) is 11.7. The van der Waals surface area contributed by atoms with Crippen molar-refractivity contribution in [1.29, 1.82) is 0 Å². The van der Waals surface area contributed by atoms with E-state index in [9.17, 15) is 0 Å². The van der Waals surface area contributed by atoms with E-state index in [1.54, 1.807) is 0 Å². The van der Waals surface area contributed by atoms with E-state index in [2.05, 4.69) is 18.7 Å². The highest BCUT2D eigenvalue weighted by Crippen LogP contribution is 2.36. The molecule has 0 heterocycles. The fraction of sp³-hybridized carbons (Fsp3) is 1.00. The lowest BCUT2D eigenvalue weighted by molar-refractivity contribution is 0.0289. The Morgan fingerprint density at radius 2 is 1.82 bits per heavy atom. The number of nitrogens with two attached hydrogens (primary N) is 1. The van der Waals surface area contributed by atoms with Gasteiger partial charge in [-0.25, -0.2) is 0 Å². The van der Waals surface area contributed by atoms with E-state index in [4.69, 9.17) is 5.73 Å². The van der Waals surface area contributed by atoms with Crippen LogP contribution in [0.2, 0.25) is 0 Å². The van der Waals surface area contributed by atoms with Gasteiger partial charge in [-0.1, -0.05) is 26.7 Å². The van der Waals surface area contributed by atoms with Crippen molar-refractivity contribution in [2.24, 2.45) is 17.6 Å². The molecule has 2 aliphatic rings. The lowest BCUT2D eigenvalue weighted by Crippen LogP contribution is -2.53. The molecule has 0 aromatic heterocycles. The summed E-state index contributed by atoms with van der Waals surface area (Å²) in [5.74, 6) is 1.62. The Kier molecular flexibility index (Phi) is 4.87. The Morgan fingerprint density at radius 1 is 1.12 bits per heavy atom. The summed E-state index contributed by atoms with van der Waals surface area (Å²) in [6.45, 7) is 6.89. The van der Waals surface area contributed by atoms with Crippen molar-refractivity contribution in [1.82, 2.24) is 4.90 Å². The minimum atomic E-state index is 0.794. The molecule has 0 aromatic carbocycles. The predicted molar refractivity (Wildman–Crippen MR) is 74.0 cm³/mol. The SMILES string of the molecule is CC(C)CCN(C1CCCC1)C1CCC1CN. The van der Waals surface area contributed by atoms with Gasteiger partial charge in [0.05, 0.1) is 0 Å². The van der Waals surface area contributed by atoms with Crippen LogP contribution in [0.5, 0.6) is 0 Å². The van der Waals surface area contributed by atoms with Crippen molar-refractivity contribution < 1.29 is 0 Å². The van der Waals surface area contributed by atoms with Crippen LogP contribution in [0.15, 0.2) is 0 Å². The summed E-state index contributed by atoms with van der Waals surface area (Å²) >= 11 is 0. The monoisotopic (exact) mass is 238 g/mol. The molecule has 2 unspecified atom stereocenters. The van der Waals surface area contributed by atoms with Gasteiger partial charge < -0.3 is 5.73 Å². The van der Waals surface area contributed by atoms with Crippen molar-refractivity contribution in [3.05, 3.63) is 0 Å². The molecular weight excluding hydrogens is 208 g/mol. The molecule has 2 fully saturated rings. The maximum Gasteiger partial charge on any atom is 0.0139 e. The average Bonchev–Trinajstić information content (AvgIpc) is 2.75. The van der Waals surface area contributed by atoms with Crippen molar-refractivity contribution in [2.75, 3.05) is 13.1 Å². The van der Waals surface area contributed by atoms with Crippen molar-refractivity contribution in [3.8, 4) is 0 Å². The van der Waals surface area contributed by atoms with Crippen molar-refractivity contribution >= 4 is 0 Å². The fourth-order valence-corrected chi connectivity index (χ4v) is 3.53. The third-order valence-electron chi connectivity index (χ3n) is 4.86. The maximum atomic E-state index is 5.89. The Balaban J connectivity index is 1.91. The second-order valence-electron chi connectivity index (χ2n) is 6.50. The molecule has 0 saturated heterocycles. The molecule has 0 aliphatic heterocycles. The first-order valence-electron chi connectivity index (χ1n) is 7.68. The lowest BCUT2D eigenvalue weighted by atomic mass is 9.77. The van der Waals surface area contributed by atoms with Gasteiger partial charge in [0.1, 0.15) is 0 Å². The highest BCUT2D eigenvalue weighted by molar-refractivity contribution is 4.93. The Morgan fingerprint density at radius 3 is 2.29 bits per heavy atom. The summed E-state index contributed by atoms with van der Waals surface area (Å²) in [4.78, 5) is 2.84. The number of rotatable bonds is 6. The Hall–Kier alpha value is -0.0800. The van der Waals surface area contributed by atoms with Crippen LogP contribution < -0.4 is 5.73 Å². The topological polar surface area (TPSA) is 29.3 Å². The van der Waals surface area contributed by atoms with Gasteiger partial charge in [0.25, 0.3) is 0 Å². The van der Waals surface area contributed by atoms with Crippen LogP contribution in [-0.2, 0) is 0 Å². The first-order chi connectivity index (χ1) is 8.22. The molecule has 2 nitrogen and oxygen atoms in total. The molecule has 0 spiro atoms. The lowest BCUT2D eigenvalue weighted by Gasteiger charge is -2.47. The smallest absolute Gasteiger partial charge is 0.0139 e. The van der Waals surface area contributed by atoms with Gasteiger partial charge in [0.2, 0.25) is 0 Å². The zero-order chi connectivity index (χ0) is 12.3. The minimum absolute atomic E-state index is 0.794. The summed E-state index contributed by atoms with van der Waals surface area (Å²) in [7, 11) is 0. The molecular formula is C15H30N2. The van der Waals surface area contributed by atoms with Crippen LogP contribution in [0, 0.1) is 11.8 Å². The van der Waals surface area contributed by atoms with Crippen LogP contribution in [-0.4, -0.2) is 30.1 Å². The Bertz CT molecular complexity index is 219. The fourth-order valence-electron chi connectivity index (χ4n) is 3.53. The van der Waals surface area contributed by atoms with Crippen LogP contribution in [0.1, 0.15) is 58.8 Å². The molecule has 2 rings (SSSR count). The molecule has 100 valence electrons. The molecule has 2 heteroatoms. The van der Waals surface area contributed by atoms with Gasteiger partial charge in [-0.2, -0.15) is 0 Å². The highest BCUT2D eigenvalue weighted by atomic mass is 15.2. The predicted octanol–water partition coefficient (Wildman–Crippen LogP) is 3.01. The quantitative estimate of drug-likeness (QED) is 0.771. The second-order valence-corrected chi connectivity index (χ2v) is 6.50. The second kappa shape index (κ2) is 6.19. The van der Waals surface area contributed by atoms with Crippen LogP contribution in [0.3, 0.4) is 0 Å². The van der Waals surface area contributed by atoms with E-state index < -0.39 is 0 Å². The summed E-state index contributed by atoms with van der Waals surface area (Å²) in [6.07, 6.45) is 9.89. The number of hydrogen-bond acceptors (Lipinski definition) is 2. The molecule has 0 radical (unpaired) electrons. The third-order valence-corrected chi connectivity index (χ3v) is 4.86. The van der Waals surface area contributed by atoms with Crippen LogP contribution >= 0.6 is 0 Å². The van der Waals surface area contributed by atoms with Gasteiger partial charge in [-0.05, 0) is 57.0 Å². The normalized spacial score (nSPS) is 30.2. The minimum Gasteiger partial charge on any atom is -0.330 e. The molecule has 2 aliphatic carbocycles. The van der Waals surface area contributed by atoms with E-state index in [0.29, 0.717) is 0 Å². The largest absolute Gasteiger partial charge is 0.330 e. The van der Waals surface area contributed by atoms with Gasteiger partial charge in [0, 0.05) is 12.1 Å². The summed E-state index contributed by atoms with van der Waals surface area (Å²) in [5.41, 5.74) is 5.89. The standard InChI is InChI=1S/C15H30N2/c1-12(2)9-10-17(14-5-3-4-6-14)15-8-7-13(15)11-16/h12-15H,3-11,16H2,1-2H3. The molecule has 0 bridgehead atoms. The molecule has 0 amide bonds.